The molecule has 0 saturated carbocycles. The lowest BCUT2D eigenvalue weighted by Gasteiger charge is -2.39. The van der Waals surface area contributed by atoms with Crippen molar-refractivity contribution in [2.45, 2.75) is 221 Å². The first kappa shape index (κ1) is 60.5. The summed E-state index contributed by atoms with van der Waals surface area (Å²) < 4.78 is 0. The Morgan fingerprint density at radius 1 is 0.453 bits per heavy atom. The van der Waals surface area contributed by atoms with Gasteiger partial charge in [0.25, 0.3) is 11.8 Å². The van der Waals surface area contributed by atoms with Crippen LogP contribution in [0.25, 0.3) is 66.0 Å². The first-order valence-electron chi connectivity index (χ1n) is 34.0. The number of thiophene rings is 2. The molecule has 4 aliphatic heterocycles. The Morgan fingerprint density at radius 3 is 1.30 bits per heavy atom. The van der Waals surface area contributed by atoms with Gasteiger partial charge in [0, 0.05) is 49.0 Å². The maximum Gasteiger partial charge on any atom is 0.265 e. The van der Waals surface area contributed by atoms with Crippen LogP contribution in [0.15, 0.2) is 114 Å². The van der Waals surface area contributed by atoms with Crippen LogP contribution in [0.4, 0.5) is 0 Å². The number of unbranched alkanes of at least 4 members (excludes halogenated alkanes) is 4. The molecule has 0 radical (unpaired) electrons. The van der Waals surface area contributed by atoms with Gasteiger partial charge in [-0.2, -0.15) is 0 Å². The highest BCUT2D eigenvalue weighted by Gasteiger charge is 2.53. The zero-order valence-corrected chi connectivity index (χ0v) is 55.6. The van der Waals surface area contributed by atoms with Gasteiger partial charge in [-0.1, -0.05) is 215 Å². The predicted octanol–water partition coefficient (Wildman–Crippen LogP) is 23.2. The molecule has 0 N–H and O–H groups in total. The highest BCUT2D eigenvalue weighted by Crippen LogP contribution is 2.62. The molecule has 2 aliphatic carbocycles. The Bertz CT molecular complexity index is 3640. The Labute approximate surface area is 525 Å². The second-order valence-corrected chi connectivity index (χ2v) is 30.0. The van der Waals surface area contributed by atoms with Crippen molar-refractivity contribution >= 4 is 58.0 Å². The Balaban J connectivity index is 1.05. The predicted molar refractivity (Wildman–Crippen MR) is 368 cm³/mol. The van der Waals surface area contributed by atoms with Gasteiger partial charge < -0.3 is 0 Å². The molecule has 4 unspecified atom stereocenters. The molecule has 450 valence electrons. The normalized spacial score (nSPS) is 20.0. The smallest absolute Gasteiger partial charge is 0.265 e. The molecule has 0 spiro atoms. The van der Waals surface area contributed by atoms with E-state index in [2.05, 4.69) is 179 Å². The minimum absolute atomic E-state index is 0.00703. The minimum Gasteiger partial charge on any atom is -0.282 e. The van der Waals surface area contributed by atoms with E-state index in [1.807, 2.05) is 44.9 Å². The monoisotopic (exact) mass is 1180 g/mol. The van der Waals surface area contributed by atoms with Gasteiger partial charge in [-0.05, 0) is 188 Å². The van der Waals surface area contributed by atoms with E-state index < -0.39 is 0 Å². The van der Waals surface area contributed by atoms with Gasteiger partial charge >= 0.3 is 0 Å². The van der Waals surface area contributed by atoms with Crippen molar-refractivity contribution in [3.63, 3.8) is 0 Å². The number of rotatable bonds is 26. The van der Waals surface area contributed by atoms with E-state index >= 15 is 9.59 Å². The molecule has 6 aliphatic rings. The van der Waals surface area contributed by atoms with Crippen molar-refractivity contribution in [2.24, 2.45) is 23.7 Å². The third-order valence-corrected chi connectivity index (χ3v) is 23.9. The largest absolute Gasteiger partial charge is 0.282 e. The maximum absolute atomic E-state index is 15.8. The summed E-state index contributed by atoms with van der Waals surface area (Å²) in [5.74, 6) is 2.05. The molecule has 0 bridgehead atoms. The van der Waals surface area contributed by atoms with Crippen LogP contribution in [0.2, 0.25) is 0 Å². The van der Waals surface area contributed by atoms with Crippen LogP contribution >= 0.6 is 22.7 Å². The van der Waals surface area contributed by atoms with Crippen LogP contribution in [-0.4, -0.2) is 21.6 Å². The number of hydrogen-bond acceptors (Lipinski definition) is 4. The van der Waals surface area contributed by atoms with Crippen molar-refractivity contribution in [2.75, 3.05) is 0 Å². The molecule has 6 heteroatoms. The van der Waals surface area contributed by atoms with Crippen LogP contribution in [0.5, 0.6) is 0 Å². The standard InChI is InChI=1S/C80H96N2O2S2/c1-12-20-25-51(16-5)47-79(48-52(17-6)26-21-13-2)65-43-57(69-34-35-71(86-69)70-29-24-40-85-70)30-32-59(65)63-41-55-36-38-81-74(61(55)45-67(63)79)72-73(77(81)84)75-62-46-68-64(42-56(62)37-39-82(75)76(72)83)60-33-31-58(78(9,10)11)44-66(60)80(68,49-53(18-7)27-22-14-3)50-54(19-8)28-23-15-4/h24,29-46,51-54H,12-23,25-28,47-50H2,1-11H3. The number of carbonyl (C=O) groups excluding carboxylic acids is 2. The van der Waals surface area contributed by atoms with Crippen molar-refractivity contribution in [1.29, 1.82) is 0 Å². The van der Waals surface area contributed by atoms with Crippen LogP contribution in [0, 0.1) is 23.7 Å². The molecule has 0 saturated heterocycles. The summed E-state index contributed by atoms with van der Waals surface area (Å²) in [5, 5.41) is 2.18. The van der Waals surface area contributed by atoms with E-state index in [1.54, 1.807) is 0 Å². The van der Waals surface area contributed by atoms with Crippen molar-refractivity contribution in [3.05, 3.63) is 164 Å². The van der Waals surface area contributed by atoms with Gasteiger partial charge in [-0.15, -0.1) is 22.7 Å². The number of amides is 2. The zero-order chi connectivity index (χ0) is 60.2. The summed E-state index contributed by atoms with van der Waals surface area (Å²) >= 11 is 3.72. The molecule has 2 aromatic heterocycles. The fourth-order valence-electron chi connectivity index (χ4n) is 16.7. The number of hydrogen-bond donors (Lipinski definition) is 0. The van der Waals surface area contributed by atoms with E-state index in [1.165, 1.54) is 147 Å². The molecule has 6 heterocycles. The summed E-state index contributed by atoms with van der Waals surface area (Å²) in [5.41, 5.74) is 20.1. The lowest BCUT2D eigenvalue weighted by atomic mass is 9.64. The van der Waals surface area contributed by atoms with Crippen molar-refractivity contribution in [3.8, 4) is 42.4 Å². The van der Waals surface area contributed by atoms with E-state index in [0.717, 1.165) is 85.0 Å². The molecule has 4 nitrogen and oxygen atoms in total. The molecule has 4 atom stereocenters. The lowest BCUT2D eigenvalue weighted by molar-refractivity contribution is -0.122. The van der Waals surface area contributed by atoms with Crippen LogP contribution < -0.4 is 0 Å². The Kier molecular flexibility index (Phi) is 17.3. The second kappa shape index (κ2) is 24.6. The number of carbonyl (C=O) groups is 2. The summed E-state index contributed by atoms with van der Waals surface area (Å²) in [7, 11) is 0. The quantitative estimate of drug-likeness (QED) is 0.0543. The van der Waals surface area contributed by atoms with Gasteiger partial charge in [-0.3, -0.25) is 19.4 Å². The lowest BCUT2D eigenvalue weighted by Crippen LogP contribution is -2.32. The van der Waals surface area contributed by atoms with Crippen molar-refractivity contribution in [1.82, 2.24) is 9.80 Å². The molecular weight excluding hydrogens is 1090 g/mol. The highest BCUT2D eigenvalue weighted by atomic mass is 32.1. The maximum atomic E-state index is 15.8. The minimum atomic E-state index is -0.259. The fourth-order valence-corrected chi connectivity index (χ4v) is 18.5. The topological polar surface area (TPSA) is 40.6 Å². The van der Waals surface area contributed by atoms with E-state index in [0.29, 0.717) is 34.8 Å². The van der Waals surface area contributed by atoms with Gasteiger partial charge in [-0.25, -0.2) is 0 Å². The third-order valence-electron chi connectivity index (χ3n) is 21.7. The van der Waals surface area contributed by atoms with Crippen molar-refractivity contribution < 1.29 is 9.59 Å². The average molecular weight is 1180 g/mol. The Hall–Kier alpha value is -5.82. The summed E-state index contributed by atoms with van der Waals surface area (Å²) in [6, 6.07) is 33.8. The first-order valence-corrected chi connectivity index (χ1v) is 35.7. The van der Waals surface area contributed by atoms with Gasteiger partial charge in [0.15, 0.2) is 0 Å². The molecular formula is C80H96N2O2S2. The summed E-state index contributed by atoms with van der Waals surface area (Å²) in [6.45, 7) is 26.1. The SMILES string of the molecule is CCCCC(CC)CC1(CC(CC)CCCC)c2cc(-c3ccc(-c4cccs4)s3)ccc2-c2cc3c(cc21)C1=C2C(=O)N4C=Cc5cc6c(cc5C4=C2C(=O)N1C=C3)C(CC(CC)CCCC)(CC(CC)CCCC)c1cc(C(C)(C)C)ccc1-6. The van der Waals surface area contributed by atoms with Gasteiger partial charge in [0.05, 0.1) is 22.5 Å². The van der Waals surface area contributed by atoms with Crippen LogP contribution in [0.3, 0.4) is 0 Å². The second-order valence-electron chi connectivity index (χ2n) is 28.0. The fraction of sp³-hybridized carbons (Fsp3) is 0.475. The van der Waals surface area contributed by atoms with E-state index in [4.69, 9.17) is 0 Å². The summed E-state index contributed by atoms with van der Waals surface area (Å²) in [4.78, 5) is 39.3. The molecule has 6 aromatic rings. The average Bonchev–Trinajstić information content (AvgIpc) is 1.55. The number of fused-ring (bicyclic) bond motifs is 13. The molecule has 0 fully saturated rings. The van der Waals surface area contributed by atoms with E-state index in [9.17, 15) is 0 Å². The zero-order valence-electron chi connectivity index (χ0n) is 53.9. The van der Waals surface area contributed by atoms with Gasteiger partial charge in [0.1, 0.15) is 0 Å². The van der Waals surface area contributed by atoms with Crippen LogP contribution in [-0.2, 0) is 25.8 Å². The molecule has 2 amide bonds. The number of nitrogens with zero attached hydrogens (tertiary/aromatic N) is 2. The van der Waals surface area contributed by atoms with Crippen LogP contribution in [0.1, 0.15) is 255 Å². The first-order chi connectivity index (χ1) is 41.7. The van der Waals surface area contributed by atoms with E-state index in [-0.39, 0.29) is 28.1 Å². The molecule has 12 rings (SSSR count). The Morgan fingerprint density at radius 2 is 0.884 bits per heavy atom. The number of benzene rings is 4. The highest BCUT2D eigenvalue weighted by molar-refractivity contribution is 7.23. The third kappa shape index (κ3) is 10.3. The molecule has 4 aromatic carbocycles. The summed E-state index contributed by atoms with van der Waals surface area (Å²) in [6.07, 6.45) is 31.8. The van der Waals surface area contributed by atoms with Gasteiger partial charge in [0.2, 0.25) is 0 Å². The molecule has 86 heavy (non-hydrogen) atoms.